The Kier molecular flexibility index (Phi) is 1.86. The van der Waals surface area contributed by atoms with E-state index in [1.165, 1.54) is 18.4 Å². The SMILES string of the molecule is CC1=CC2=C([CH]1)C(C)CCC2C. The van der Waals surface area contributed by atoms with Crippen LogP contribution in [-0.4, -0.2) is 0 Å². The first-order chi connectivity index (χ1) is 5.68. The summed E-state index contributed by atoms with van der Waals surface area (Å²) in [7, 11) is 0. The van der Waals surface area contributed by atoms with Crippen LogP contribution in [0.25, 0.3) is 0 Å². The third-order valence-corrected chi connectivity index (χ3v) is 3.19. The van der Waals surface area contributed by atoms with Crippen LogP contribution in [-0.2, 0) is 0 Å². The standard InChI is InChI=1S/C12H17/c1-8-6-11-9(2)4-5-10(3)12(11)7-8/h6-7,9-10H,4-5H2,1-3H3. The van der Waals surface area contributed by atoms with Crippen molar-refractivity contribution in [2.45, 2.75) is 33.6 Å². The Morgan fingerprint density at radius 2 is 1.67 bits per heavy atom. The van der Waals surface area contributed by atoms with Crippen LogP contribution in [0.1, 0.15) is 33.6 Å². The lowest BCUT2D eigenvalue weighted by Crippen LogP contribution is -2.12. The summed E-state index contributed by atoms with van der Waals surface area (Å²) in [5.74, 6) is 1.59. The van der Waals surface area contributed by atoms with E-state index in [1.54, 1.807) is 11.1 Å². The normalized spacial score (nSPS) is 35.1. The molecule has 0 fully saturated rings. The summed E-state index contributed by atoms with van der Waals surface area (Å²) in [5.41, 5.74) is 4.68. The van der Waals surface area contributed by atoms with Crippen molar-refractivity contribution in [1.29, 1.82) is 0 Å². The molecule has 0 aromatic rings. The summed E-state index contributed by atoms with van der Waals surface area (Å²) in [5, 5.41) is 0. The van der Waals surface area contributed by atoms with Crippen molar-refractivity contribution < 1.29 is 0 Å². The van der Waals surface area contributed by atoms with Crippen molar-refractivity contribution >= 4 is 0 Å². The molecule has 12 heavy (non-hydrogen) atoms. The highest BCUT2D eigenvalue weighted by atomic mass is 14.3. The second-order valence-electron chi connectivity index (χ2n) is 4.32. The molecule has 65 valence electrons. The fourth-order valence-electron chi connectivity index (χ4n) is 2.36. The molecule has 0 amide bonds. The quantitative estimate of drug-likeness (QED) is 0.510. The van der Waals surface area contributed by atoms with Crippen molar-refractivity contribution in [2.75, 3.05) is 0 Å². The zero-order valence-corrected chi connectivity index (χ0v) is 8.22. The molecule has 0 nitrogen and oxygen atoms in total. The monoisotopic (exact) mass is 161 g/mol. The number of allylic oxidation sites excluding steroid dienone is 4. The minimum atomic E-state index is 0.796. The van der Waals surface area contributed by atoms with Gasteiger partial charge >= 0.3 is 0 Å². The molecular weight excluding hydrogens is 144 g/mol. The highest BCUT2D eigenvalue weighted by Crippen LogP contribution is 2.41. The molecule has 0 aliphatic heterocycles. The minimum Gasteiger partial charge on any atom is -0.0649 e. The van der Waals surface area contributed by atoms with Gasteiger partial charge in [-0.1, -0.05) is 31.1 Å². The molecule has 2 atom stereocenters. The lowest BCUT2D eigenvalue weighted by Gasteiger charge is -2.26. The maximum absolute atomic E-state index is 2.37. The third-order valence-electron chi connectivity index (χ3n) is 3.19. The van der Waals surface area contributed by atoms with Crippen LogP contribution in [0, 0.1) is 18.3 Å². The van der Waals surface area contributed by atoms with Gasteiger partial charge in [-0.25, -0.2) is 0 Å². The van der Waals surface area contributed by atoms with Crippen molar-refractivity contribution in [3.05, 3.63) is 29.2 Å². The topological polar surface area (TPSA) is 0 Å². The van der Waals surface area contributed by atoms with Crippen molar-refractivity contribution in [3.63, 3.8) is 0 Å². The smallest absolute Gasteiger partial charge is 0.0119 e. The van der Waals surface area contributed by atoms with E-state index < -0.39 is 0 Å². The molecule has 0 aromatic carbocycles. The molecule has 0 heterocycles. The fourth-order valence-corrected chi connectivity index (χ4v) is 2.36. The highest BCUT2D eigenvalue weighted by Gasteiger charge is 2.26. The Bertz CT molecular complexity index is 255. The summed E-state index contributed by atoms with van der Waals surface area (Å²) >= 11 is 0. The lowest BCUT2D eigenvalue weighted by molar-refractivity contribution is 0.471. The van der Waals surface area contributed by atoms with E-state index in [2.05, 4.69) is 33.3 Å². The first kappa shape index (κ1) is 8.10. The van der Waals surface area contributed by atoms with Crippen molar-refractivity contribution in [1.82, 2.24) is 0 Å². The molecule has 0 saturated heterocycles. The van der Waals surface area contributed by atoms with E-state index in [1.807, 2.05) is 0 Å². The molecule has 2 aliphatic rings. The number of rotatable bonds is 0. The molecule has 1 radical (unpaired) electrons. The molecule has 0 bridgehead atoms. The van der Waals surface area contributed by atoms with Crippen LogP contribution in [0.3, 0.4) is 0 Å². The van der Waals surface area contributed by atoms with Crippen LogP contribution in [0.2, 0.25) is 0 Å². The maximum Gasteiger partial charge on any atom is 0.0119 e. The number of hydrogen-bond donors (Lipinski definition) is 0. The van der Waals surface area contributed by atoms with E-state index in [4.69, 9.17) is 0 Å². The van der Waals surface area contributed by atoms with Crippen molar-refractivity contribution in [3.8, 4) is 0 Å². The van der Waals surface area contributed by atoms with Gasteiger partial charge in [-0.2, -0.15) is 0 Å². The molecule has 0 N–H and O–H groups in total. The molecule has 2 aliphatic carbocycles. The maximum atomic E-state index is 2.37. The van der Waals surface area contributed by atoms with Crippen molar-refractivity contribution in [2.24, 2.45) is 11.8 Å². The number of hydrogen-bond acceptors (Lipinski definition) is 0. The summed E-state index contributed by atoms with van der Waals surface area (Å²) in [6.07, 6.45) is 7.49. The molecule has 0 aromatic heterocycles. The summed E-state index contributed by atoms with van der Waals surface area (Å²) in [6, 6.07) is 0. The first-order valence-corrected chi connectivity index (χ1v) is 4.95. The molecule has 0 saturated carbocycles. The summed E-state index contributed by atoms with van der Waals surface area (Å²) in [4.78, 5) is 0. The Hall–Kier alpha value is -0.520. The second-order valence-corrected chi connectivity index (χ2v) is 4.32. The van der Waals surface area contributed by atoms with Gasteiger partial charge < -0.3 is 0 Å². The Balaban J connectivity index is 2.32. The van der Waals surface area contributed by atoms with Crippen LogP contribution < -0.4 is 0 Å². The predicted molar refractivity (Wildman–Crippen MR) is 52.6 cm³/mol. The fraction of sp³-hybridized carbons (Fsp3) is 0.583. The summed E-state index contributed by atoms with van der Waals surface area (Å²) in [6.45, 7) is 6.91. The predicted octanol–water partition coefficient (Wildman–Crippen LogP) is 3.51. The Morgan fingerprint density at radius 1 is 1.08 bits per heavy atom. The zero-order chi connectivity index (χ0) is 8.72. The largest absolute Gasteiger partial charge is 0.0649 e. The second kappa shape index (κ2) is 2.76. The van der Waals surface area contributed by atoms with Gasteiger partial charge in [-0.05, 0) is 37.2 Å². The van der Waals surface area contributed by atoms with E-state index >= 15 is 0 Å². The summed E-state index contributed by atoms with van der Waals surface area (Å²) < 4.78 is 0. The zero-order valence-electron chi connectivity index (χ0n) is 8.22. The van der Waals surface area contributed by atoms with Crippen LogP contribution in [0.4, 0.5) is 0 Å². The van der Waals surface area contributed by atoms with Gasteiger partial charge in [0.25, 0.3) is 0 Å². The van der Waals surface area contributed by atoms with Crippen LogP contribution >= 0.6 is 0 Å². The van der Waals surface area contributed by atoms with E-state index in [0.29, 0.717) is 0 Å². The van der Waals surface area contributed by atoms with Gasteiger partial charge in [0, 0.05) is 6.42 Å². The van der Waals surface area contributed by atoms with Gasteiger partial charge in [-0.15, -0.1) is 0 Å². The van der Waals surface area contributed by atoms with Crippen LogP contribution in [0.15, 0.2) is 22.8 Å². The molecule has 0 spiro atoms. The Labute approximate surface area is 75.4 Å². The van der Waals surface area contributed by atoms with Gasteiger partial charge in [0.1, 0.15) is 0 Å². The van der Waals surface area contributed by atoms with Gasteiger partial charge in [-0.3, -0.25) is 0 Å². The molecule has 0 heteroatoms. The highest BCUT2D eigenvalue weighted by molar-refractivity contribution is 5.49. The minimum absolute atomic E-state index is 0.796. The Morgan fingerprint density at radius 3 is 2.25 bits per heavy atom. The van der Waals surface area contributed by atoms with Gasteiger partial charge in [0.15, 0.2) is 0 Å². The molecular formula is C12H17. The van der Waals surface area contributed by atoms with Crippen LogP contribution in [0.5, 0.6) is 0 Å². The van der Waals surface area contributed by atoms with Gasteiger partial charge in [0.05, 0.1) is 0 Å². The molecule has 2 unspecified atom stereocenters. The van der Waals surface area contributed by atoms with Gasteiger partial charge in [0.2, 0.25) is 0 Å². The molecule has 2 rings (SSSR count). The lowest BCUT2D eigenvalue weighted by atomic mass is 9.79. The van der Waals surface area contributed by atoms with E-state index in [9.17, 15) is 0 Å². The van der Waals surface area contributed by atoms with E-state index in [-0.39, 0.29) is 0 Å². The first-order valence-electron chi connectivity index (χ1n) is 4.95. The third kappa shape index (κ3) is 1.14. The average Bonchev–Trinajstić information content (AvgIpc) is 2.41. The average molecular weight is 161 g/mol. The van der Waals surface area contributed by atoms with E-state index in [0.717, 1.165) is 11.8 Å².